The molecule has 0 radical (unpaired) electrons. The summed E-state index contributed by atoms with van der Waals surface area (Å²) >= 11 is 0. The van der Waals surface area contributed by atoms with Gasteiger partial charge in [-0.05, 0) is 43.2 Å². The Morgan fingerprint density at radius 2 is 1.76 bits per heavy atom. The van der Waals surface area contributed by atoms with Crippen LogP contribution in [-0.2, 0) is 10.0 Å². The molecule has 2 bridgehead atoms. The smallest absolute Gasteiger partial charge is 0.254 e. The fourth-order valence-corrected chi connectivity index (χ4v) is 4.97. The first-order valence-corrected chi connectivity index (χ1v) is 10.9. The van der Waals surface area contributed by atoms with Gasteiger partial charge in [0.05, 0.1) is 22.4 Å². The molecule has 2 fully saturated rings. The number of fused-ring (bicyclic) bond motifs is 3. The van der Waals surface area contributed by atoms with Crippen LogP contribution in [0.4, 0.5) is 5.82 Å². The van der Waals surface area contributed by atoms with Crippen molar-refractivity contribution in [2.24, 2.45) is 5.14 Å². The van der Waals surface area contributed by atoms with Gasteiger partial charge in [-0.1, -0.05) is 0 Å². The van der Waals surface area contributed by atoms with Gasteiger partial charge in [-0.15, -0.1) is 0 Å². The highest BCUT2D eigenvalue weighted by Gasteiger charge is 2.43. The van der Waals surface area contributed by atoms with Crippen molar-refractivity contribution in [2.45, 2.75) is 29.8 Å². The molecule has 10 heteroatoms. The van der Waals surface area contributed by atoms with Crippen LogP contribution in [0.25, 0.3) is 11.0 Å². The molecule has 2 saturated heterocycles. The SMILES string of the molecule is NS(=O)(=O)c1ccc(C(=O)N2[C@@H]3CC[C@@H]2CN(c2ncnc4[nH]ccc24)C3)cc1. The molecular weight excluding hydrogens is 392 g/mol. The molecule has 2 aromatic heterocycles. The number of sulfonamides is 1. The molecule has 2 atom stereocenters. The summed E-state index contributed by atoms with van der Waals surface area (Å²) in [5.41, 5.74) is 1.27. The summed E-state index contributed by atoms with van der Waals surface area (Å²) in [6.45, 7) is 1.41. The second-order valence-electron chi connectivity index (χ2n) is 7.51. The minimum atomic E-state index is -3.78. The van der Waals surface area contributed by atoms with Crippen molar-refractivity contribution in [3.05, 3.63) is 48.4 Å². The number of aromatic amines is 1. The molecule has 5 rings (SSSR count). The van der Waals surface area contributed by atoms with Crippen LogP contribution in [0.15, 0.2) is 47.8 Å². The number of anilines is 1. The third kappa shape index (κ3) is 3.04. The van der Waals surface area contributed by atoms with Gasteiger partial charge in [0.15, 0.2) is 0 Å². The number of benzene rings is 1. The lowest BCUT2D eigenvalue weighted by molar-refractivity contribution is 0.0641. The molecule has 1 amide bonds. The number of rotatable bonds is 3. The first-order valence-electron chi connectivity index (χ1n) is 9.40. The zero-order valence-corrected chi connectivity index (χ0v) is 16.3. The minimum absolute atomic E-state index is 0.00104. The average Bonchev–Trinajstić information content (AvgIpc) is 3.28. The molecule has 9 nitrogen and oxygen atoms in total. The average molecular weight is 412 g/mol. The molecule has 1 aromatic carbocycles. The number of nitrogens with one attached hydrogen (secondary N) is 1. The van der Waals surface area contributed by atoms with E-state index in [0.29, 0.717) is 18.7 Å². The van der Waals surface area contributed by atoms with E-state index in [2.05, 4.69) is 19.9 Å². The van der Waals surface area contributed by atoms with Gasteiger partial charge in [-0.3, -0.25) is 4.79 Å². The Hall–Kier alpha value is -2.98. The maximum Gasteiger partial charge on any atom is 0.254 e. The van der Waals surface area contributed by atoms with Crippen LogP contribution in [0.5, 0.6) is 0 Å². The van der Waals surface area contributed by atoms with Gasteiger partial charge in [0.1, 0.15) is 17.8 Å². The molecule has 0 saturated carbocycles. The van der Waals surface area contributed by atoms with Crippen LogP contribution in [0, 0.1) is 0 Å². The number of carbonyl (C=O) groups excluding carboxylic acids is 1. The van der Waals surface area contributed by atoms with Crippen LogP contribution < -0.4 is 10.0 Å². The van der Waals surface area contributed by atoms with E-state index in [0.717, 1.165) is 29.7 Å². The van der Waals surface area contributed by atoms with E-state index in [1.54, 1.807) is 6.33 Å². The number of nitrogens with zero attached hydrogens (tertiary/aromatic N) is 4. The lowest BCUT2D eigenvalue weighted by atomic mass is 10.1. The fraction of sp³-hybridized carbons (Fsp3) is 0.316. The molecule has 0 unspecified atom stereocenters. The van der Waals surface area contributed by atoms with Crippen LogP contribution >= 0.6 is 0 Å². The Morgan fingerprint density at radius 3 is 2.41 bits per heavy atom. The summed E-state index contributed by atoms with van der Waals surface area (Å²) in [7, 11) is -3.78. The van der Waals surface area contributed by atoms with Crippen LogP contribution in [-0.4, -0.2) is 59.4 Å². The third-order valence-corrected chi connectivity index (χ3v) is 6.71. The summed E-state index contributed by atoms with van der Waals surface area (Å²) in [6.07, 6.45) is 5.27. The number of nitrogens with two attached hydrogens (primary N) is 1. The standard InChI is InChI=1S/C19H20N6O3S/c20-29(27,28)15-5-1-12(2-6-15)19(26)25-13-3-4-14(25)10-24(9-13)18-16-7-8-21-17(16)22-11-23-18/h1-2,5-8,11,13-14H,3-4,9-10H2,(H2,20,27,28)(H,21,22,23)/t13-,14-/m1/s1. The van der Waals surface area contributed by atoms with Crippen LogP contribution in [0.2, 0.25) is 0 Å². The van der Waals surface area contributed by atoms with Gasteiger partial charge in [-0.25, -0.2) is 23.5 Å². The highest BCUT2D eigenvalue weighted by molar-refractivity contribution is 7.89. The molecule has 3 aromatic rings. The van der Waals surface area contributed by atoms with Crippen LogP contribution in [0.3, 0.4) is 0 Å². The maximum absolute atomic E-state index is 13.1. The second-order valence-corrected chi connectivity index (χ2v) is 9.07. The quantitative estimate of drug-likeness (QED) is 0.664. The van der Waals surface area contributed by atoms with Gasteiger partial charge in [0.2, 0.25) is 10.0 Å². The van der Waals surface area contributed by atoms with E-state index in [1.807, 2.05) is 17.2 Å². The van der Waals surface area contributed by atoms with E-state index in [4.69, 9.17) is 5.14 Å². The summed E-state index contributed by atoms with van der Waals surface area (Å²) < 4.78 is 22.9. The van der Waals surface area contributed by atoms with Crippen molar-refractivity contribution in [1.82, 2.24) is 19.9 Å². The van der Waals surface area contributed by atoms with Gasteiger partial charge < -0.3 is 14.8 Å². The van der Waals surface area contributed by atoms with Crippen molar-refractivity contribution in [2.75, 3.05) is 18.0 Å². The predicted octanol–water partition coefficient (Wildman–Crippen LogP) is 1.10. The summed E-state index contributed by atoms with van der Waals surface area (Å²) in [5.74, 6) is 0.811. The first-order chi connectivity index (χ1) is 13.9. The monoisotopic (exact) mass is 412 g/mol. The molecule has 3 N–H and O–H groups in total. The number of carbonyl (C=O) groups is 1. The molecule has 29 heavy (non-hydrogen) atoms. The maximum atomic E-state index is 13.1. The summed E-state index contributed by atoms with van der Waals surface area (Å²) in [4.78, 5) is 29.1. The highest BCUT2D eigenvalue weighted by atomic mass is 32.2. The minimum Gasteiger partial charge on any atom is -0.352 e. The topological polar surface area (TPSA) is 125 Å². The largest absolute Gasteiger partial charge is 0.352 e. The van der Waals surface area contributed by atoms with Gasteiger partial charge in [0, 0.05) is 24.8 Å². The molecule has 0 aliphatic carbocycles. The molecule has 0 spiro atoms. The van der Waals surface area contributed by atoms with E-state index in [1.165, 1.54) is 24.3 Å². The van der Waals surface area contributed by atoms with E-state index >= 15 is 0 Å². The zero-order chi connectivity index (χ0) is 20.2. The van der Waals surface area contributed by atoms with Gasteiger partial charge in [0.25, 0.3) is 5.91 Å². The van der Waals surface area contributed by atoms with Crippen molar-refractivity contribution < 1.29 is 13.2 Å². The fourth-order valence-electron chi connectivity index (χ4n) is 4.45. The second kappa shape index (κ2) is 6.53. The zero-order valence-electron chi connectivity index (χ0n) is 15.5. The van der Waals surface area contributed by atoms with E-state index in [9.17, 15) is 13.2 Å². The van der Waals surface area contributed by atoms with Crippen molar-refractivity contribution in [3.63, 3.8) is 0 Å². The van der Waals surface area contributed by atoms with Crippen molar-refractivity contribution in [3.8, 4) is 0 Å². The Labute approximate surface area is 167 Å². The molecule has 2 aliphatic rings. The molecule has 150 valence electrons. The Balaban J connectivity index is 1.39. The Bertz CT molecular complexity index is 1180. The molecule has 4 heterocycles. The first kappa shape index (κ1) is 18.1. The van der Waals surface area contributed by atoms with Gasteiger partial charge >= 0.3 is 0 Å². The lowest BCUT2D eigenvalue weighted by Crippen LogP contribution is -2.56. The van der Waals surface area contributed by atoms with E-state index in [-0.39, 0.29) is 22.9 Å². The number of hydrogen-bond donors (Lipinski definition) is 2. The predicted molar refractivity (Wildman–Crippen MR) is 107 cm³/mol. The number of hydrogen-bond acceptors (Lipinski definition) is 6. The van der Waals surface area contributed by atoms with Crippen LogP contribution in [0.1, 0.15) is 23.2 Å². The Morgan fingerprint density at radius 1 is 1.07 bits per heavy atom. The summed E-state index contributed by atoms with van der Waals surface area (Å²) in [6, 6.07) is 7.96. The molecular formula is C19H20N6O3S. The lowest BCUT2D eigenvalue weighted by Gasteiger charge is -2.41. The summed E-state index contributed by atoms with van der Waals surface area (Å²) in [5, 5.41) is 6.12. The van der Waals surface area contributed by atoms with Crippen molar-refractivity contribution in [1.29, 1.82) is 0 Å². The molecule has 2 aliphatic heterocycles. The van der Waals surface area contributed by atoms with E-state index < -0.39 is 10.0 Å². The third-order valence-electron chi connectivity index (χ3n) is 5.78. The number of amides is 1. The number of aromatic nitrogens is 3. The Kier molecular flexibility index (Phi) is 4.07. The number of primary sulfonamides is 1. The van der Waals surface area contributed by atoms with Crippen molar-refractivity contribution >= 4 is 32.8 Å². The number of H-pyrrole nitrogens is 1. The number of piperazine rings is 1. The normalized spacial score (nSPS) is 21.7. The highest BCUT2D eigenvalue weighted by Crippen LogP contribution is 2.35. The van der Waals surface area contributed by atoms with Gasteiger partial charge in [-0.2, -0.15) is 0 Å².